The Morgan fingerprint density at radius 2 is 1.68 bits per heavy atom. The van der Waals surface area contributed by atoms with E-state index >= 15 is 0 Å². The van der Waals surface area contributed by atoms with Crippen LogP contribution in [0.15, 0.2) is 43.0 Å². The molecule has 1 aromatic carbocycles. The van der Waals surface area contributed by atoms with Crippen molar-refractivity contribution in [3.63, 3.8) is 0 Å². The predicted octanol–water partition coefficient (Wildman–Crippen LogP) is 6.11. The molecular formula is C21H35N. The molecule has 0 aliphatic heterocycles. The second-order valence-corrected chi connectivity index (χ2v) is 7.00. The molecule has 1 nitrogen and oxygen atoms in total. The summed E-state index contributed by atoms with van der Waals surface area (Å²) in [7, 11) is 0. The van der Waals surface area contributed by atoms with Crippen LogP contribution in [0.25, 0.3) is 0 Å². The van der Waals surface area contributed by atoms with Crippen molar-refractivity contribution in [2.24, 2.45) is 5.41 Å². The average molecular weight is 302 g/mol. The van der Waals surface area contributed by atoms with E-state index in [4.69, 9.17) is 0 Å². The van der Waals surface area contributed by atoms with Gasteiger partial charge in [0.05, 0.1) is 0 Å². The van der Waals surface area contributed by atoms with Gasteiger partial charge in [0.1, 0.15) is 0 Å². The van der Waals surface area contributed by atoms with Crippen LogP contribution in [0.2, 0.25) is 0 Å². The topological polar surface area (TPSA) is 12.0 Å². The molecule has 0 heterocycles. The molecule has 1 N–H and O–H groups in total. The smallest absolute Gasteiger partial charge is 0.0208 e. The molecule has 0 radical (unpaired) electrons. The lowest BCUT2D eigenvalue weighted by molar-refractivity contribution is 0.283. The van der Waals surface area contributed by atoms with Crippen LogP contribution in [0.1, 0.15) is 71.3 Å². The van der Waals surface area contributed by atoms with Gasteiger partial charge in [0.25, 0.3) is 0 Å². The number of nitrogens with one attached hydrogen (secondary N) is 1. The summed E-state index contributed by atoms with van der Waals surface area (Å²) < 4.78 is 0. The lowest BCUT2D eigenvalue weighted by Gasteiger charge is -2.33. The van der Waals surface area contributed by atoms with Gasteiger partial charge in [0.15, 0.2) is 0 Å². The lowest BCUT2D eigenvalue weighted by atomic mass is 9.81. The monoisotopic (exact) mass is 301 g/mol. The van der Waals surface area contributed by atoms with Crippen molar-refractivity contribution in [2.45, 2.75) is 78.3 Å². The number of rotatable bonds is 12. The molecule has 0 fully saturated rings. The highest BCUT2D eigenvalue weighted by Gasteiger charge is 2.25. The van der Waals surface area contributed by atoms with Gasteiger partial charge in [-0.15, -0.1) is 6.58 Å². The van der Waals surface area contributed by atoms with Crippen LogP contribution in [0.5, 0.6) is 0 Å². The van der Waals surface area contributed by atoms with E-state index in [0.717, 1.165) is 6.54 Å². The molecule has 1 atom stereocenters. The number of hydrogen-bond donors (Lipinski definition) is 1. The van der Waals surface area contributed by atoms with Crippen molar-refractivity contribution in [3.8, 4) is 0 Å². The van der Waals surface area contributed by atoms with Gasteiger partial charge in [0, 0.05) is 12.6 Å². The van der Waals surface area contributed by atoms with Crippen LogP contribution in [0, 0.1) is 5.41 Å². The molecule has 1 heteroatoms. The van der Waals surface area contributed by atoms with Crippen LogP contribution in [-0.4, -0.2) is 6.04 Å². The van der Waals surface area contributed by atoms with Gasteiger partial charge in [-0.25, -0.2) is 0 Å². The fourth-order valence-electron chi connectivity index (χ4n) is 2.85. The molecule has 1 aromatic rings. The highest BCUT2D eigenvalue weighted by Crippen LogP contribution is 2.26. The predicted molar refractivity (Wildman–Crippen MR) is 99.0 cm³/mol. The summed E-state index contributed by atoms with van der Waals surface area (Å²) in [5, 5.41) is 3.76. The second-order valence-electron chi connectivity index (χ2n) is 7.00. The largest absolute Gasteiger partial charge is 0.309 e. The summed E-state index contributed by atoms with van der Waals surface area (Å²) in [6.07, 6.45) is 11.5. The van der Waals surface area contributed by atoms with Crippen LogP contribution >= 0.6 is 0 Å². The van der Waals surface area contributed by atoms with Gasteiger partial charge >= 0.3 is 0 Å². The normalized spacial score (nSPS) is 13.0. The standard InChI is InChI=1S/C21H35N/c1-5-7-8-9-10-14-17-20(21(3,4)6-2)22-18-19-15-12-11-13-16-19/h6,11-13,15-16,20,22H,2,5,7-10,14,17-18H2,1,3-4H3. The van der Waals surface area contributed by atoms with Gasteiger partial charge in [-0.1, -0.05) is 95.7 Å². The van der Waals surface area contributed by atoms with Gasteiger partial charge in [-0.2, -0.15) is 0 Å². The van der Waals surface area contributed by atoms with E-state index in [0.29, 0.717) is 6.04 Å². The zero-order chi connectivity index (χ0) is 16.3. The SMILES string of the molecule is C=CC(C)(C)C(CCCCCCCC)NCc1ccccc1. The van der Waals surface area contributed by atoms with Gasteiger partial charge in [0.2, 0.25) is 0 Å². The summed E-state index contributed by atoms with van der Waals surface area (Å²) in [6, 6.07) is 11.2. The minimum absolute atomic E-state index is 0.137. The Hall–Kier alpha value is -1.08. The zero-order valence-corrected chi connectivity index (χ0v) is 14.9. The minimum Gasteiger partial charge on any atom is -0.309 e. The fraction of sp³-hybridized carbons (Fsp3) is 0.619. The third-order valence-electron chi connectivity index (χ3n) is 4.67. The molecule has 0 saturated heterocycles. The van der Waals surface area contributed by atoms with E-state index in [1.165, 1.54) is 50.5 Å². The molecule has 0 saturated carbocycles. The minimum atomic E-state index is 0.137. The van der Waals surface area contributed by atoms with Crippen molar-refractivity contribution in [3.05, 3.63) is 48.6 Å². The molecule has 0 aromatic heterocycles. The van der Waals surface area contributed by atoms with Gasteiger partial charge in [-0.05, 0) is 17.4 Å². The highest BCUT2D eigenvalue weighted by atomic mass is 14.9. The summed E-state index contributed by atoms with van der Waals surface area (Å²) in [5.74, 6) is 0. The molecular weight excluding hydrogens is 266 g/mol. The van der Waals surface area contributed by atoms with E-state index < -0.39 is 0 Å². The Kier molecular flexibility index (Phi) is 9.15. The van der Waals surface area contributed by atoms with Crippen molar-refractivity contribution >= 4 is 0 Å². The van der Waals surface area contributed by atoms with Crippen molar-refractivity contribution in [2.75, 3.05) is 0 Å². The van der Waals surface area contributed by atoms with Gasteiger partial charge < -0.3 is 5.32 Å². The quantitative estimate of drug-likeness (QED) is 0.363. The molecule has 0 amide bonds. The number of benzene rings is 1. The van der Waals surface area contributed by atoms with Crippen LogP contribution in [0.3, 0.4) is 0 Å². The Morgan fingerprint density at radius 3 is 2.32 bits per heavy atom. The van der Waals surface area contributed by atoms with Crippen molar-refractivity contribution in [1.29, 1.82) is 0 Å². The van der Waals surface area contributed by atoms with E-state index in [2.05, 4.69) is 69.1 Å². The molecule has 0 spiro atoms. The summed E-state index contributed by atoms with van der Waals surface area (Å²) in [4.78, 5) is 0. The maximum atomic E-state index is 4.04. The summed E-state index contributed by atoms with van der Waals surface area (Å²) in [5.41, 5.74) is 1.49. The first kappa shape index (κ1) is 19.0. The third kappa shape index (κ3) is 7.26. The third-order valence-corrected chi connectivity index (χ3v) is 4.67. The molecule has 0 bridgehead atoms. The molecule has 1 unspecified atom stereocenters. The second kappa shape index (κ2) is 10.6. The van der Waals surface area contributed by atoms with Crippen molar-refractivity contribution in [1.82, 2.24) is 5.32 Å². The molecule has 124 valence electrons. The Bertz CT molecular complexity index is 394. The van der Waals surface area contributed by atoms with E-state index in [-0.39, 0.29) is 5.41 Å². The summed E-state index contributed by atoms with van der Waals surface area (Å²) >= 11 is 0. The van der Waals surface area contributed by atoms with Crippen LogP contribution in [-0.2, 0) is 6.54 Å². The fourth-order valence-corrected chi connectivity index (χ4v) is 2.85. The Labute approximate surface area is 138 Å². The average Bonchev–Trinajstić information content (AvgIpc) is 2.54. The maximum Gasteiger partial charge on any atom is 0.0208 e. The highest BCUT2D eigenvalue weighted by molar-refractivity contribution is 5.14. The first-order valence-electron chi connectivity index (χ1n) is 9.01. The van der Waals surface area contributed by atoms with E-state index in [1.807, 2.05) is 0 Å². The first-order valence-corrected chi connectivity index (χ1v) is 9.01. The summed E-state index contributed by atoms with van der Waals surface area (Å²) in [6.45, 7) is 11.8. The lowest BCUT2D eigenvalue weighted by Crippen LogP contribution is -2.40. The molecule has 22 heavy (non-hydrogen) atoms. The molecule has 0 aliphatic carbocycles. The van der Waals surface area contributed by atoms with Crippen LogP contribution in [0.4, 0.5) is 0 Å². The number of unbranched alkanes of at least 4 members (excludes halogenated alkanes) is 5. The molecule has 1 rings (SSSR count). The van der Waals surface area contributed by atoms with E-state index in [9.17, 15) is 0 Å². The first-order chi connectivity index (χ1) is 10.6. The Balaban J connectivity index is 2.41. The van der Waals surface area contributed by atoms with Gasteiger partial charge in [-0.3, -0.25) is 0 Å². The Morgan fingerprint density at radius 1 is 1.05 bits per heavy atom. The van der Waals surface area contributed by atoms with Crippen LogP contribution < -0.4 is 5.32 Å². The molecule has 0 aliphatic rings. The van der Waals surface area contributed by atoms with Crippen molar-refractivity contribution < 1.29 is 0 Å². The maximum absolute atomic E-state index is 4.04. The zero-order valence-electron chi connectivity index (χ0n) is 14.9. The number of hydrogen-bond acceptors (Lipinski definition) is 1. The van der Waals surface area contributed by atoms with E-state index in [1.54, 1.807) is 0 Å².